The van der Waals surface area contributed by atoms with Crippen LogP contribution < -0.4 is 10.6 Å². The second-order valence-corrected chi connectivity index (χ2v) is 7.84. The van der Waals surface area contributed by atoms with Crippen LogP contribution in [0, 0.1) is 15.2 Å². The molecule has 1 fully saturated rings. The molecule has 2 amide bonds. The van der Waals surface area contributed by atoms with Gasteiger partial charge in [-0.2, -0.15) is 0 Å². The van der Waals surface area contributed by atoms with E-state index >= 15 is 0 Å². The Hall–Kier alpha value is -1.74. The van der Waals surface area contributed by atoms with Crippen molar-refractivity contribution in [2.24, 2.45) is 0 Å². The lowest BCUT2D eigenvalue weighted by Gasteiger charge is -2.29. The van der Waals surface area contributed by atoms with Crippen LogP contribution in [-0.4, -0.2) is 18.2 Å². The van der Waals surface area contributed by atoms with Crippen LogP contribution in [0.15, 0.2) is 42.5 Å². The normalized spacial score (nSPS) is 19.5. The second kappa shape index (κ2) is 9.45. The Balaban J connectivity index is 1.41. The lowest BCUT2D eigenvalue weighted by Crippen LogP contribution is -2.41. The predicted octanol–water partition coefficient (Wildman–Crippen LogP) is 5.22. The molecule has 1 aliphatic rings. The van der Waals surface area contributed by atoms with Gasteiger partial charge in [0.15, 0.2) is 0 Å². The molecule has 4 nitrogen and oxygen atoms in total. The molecule has 1 saturated carbocycles. The van der Waals surface area contributed by atoms with Crippen molar-refractivity contribution in [2.45, 2.75) is 44.4 Å². The first kappa shape index (κ1) is 20.0. The van der Waals surface area contributed by atoms with Crippen molar-refractivity contribution in [2.75, 3.05) is 5.32 Å². The van der Waals surface area contributed by atoms with E-state index in [2.05, 4.69) is 33.2 Å². The molecule has 2 aromatic carbocycles. The van der Waals surface area contributed by atoms with Crippen LogP contribution in [0.25, 0.3) is 0 Å². The Morgan fingerprint density at radius 1 is 1.07 bits per heavy atom. The molecule has 0 heterocycles. The molecular weight excluding hydrogens is 465 g/mol. The highest BCUT2D eigenvalue weighted by Crippen LogP contribution is 2.23. The van der Waals surface area contributed by atoms with Crippen LogP contribution in [0.4, 0.5) is 19.3 Å². The first-order valence-corrected chi connectivity index (χ1v) is 9.96. The minimum absolute atomic E-state index is 0.0328. The van der Waals surface area contributed by atoms with Gasteiger partial charge in [-0.05, 0) is 78.6 Å². The predicted molar refractivity (Wildman–Crippen MR) is 109 cm³/mol. The summed E-state index contributed by atoms with van der Waals surface area (Å²) in [6, 6.07) is 11.2. The van der Waals surface area contributed by atoms with Gasteiger partial charge < -0.3 is 15.4 Å². The van der Waals surface area contributed by atoms with Gasteiger partial charge in [-0.15, -0.1) is 0 Å². The number of anilines is 1. The average molecular weight is 486 g/mol. The van der Waals surface area contributed by atoms with E-state index in [0.717, 1.165) is 34.9 Å². The number of nitrogens with one attached hydrogen (secondary N) is 2. The zero-order chi connectivity index (χ0) is 19.2. The van der Waals surface area contributed by atoms with Gasteiger partial charge in [-0.25, -0.2) is 13.6 Å². The number of carbonyl (C=O) groups is 1. The van der Waals surface area contributed by atoms with E-state index in [4.69, 9.17) is 4.74 Å². The van der Waals surface area contributed by atoms with E-state index in [1.807, 2.05) is 24.3 Å². The number of urea groups is 1. The Morgan fingerprint density at radius 2 is 1.74 bits per heavy atom. The van der Waals surface area contributed by atoms with Crippen LogP contribution in [0.1, 0.15) is 31.2 Å². The zero-order valence-corrected chi connectivity index (χ0v) is 16.8. The molecule has 0 radical (unpaired) electrons. The molecule has 0 aromatic heterocycles. The molecule has 1 aliphatic carbocycles. The third-order valence-electron chi connectivity index (χ3n) is 4.62. The number of halogens is 3. The molecule has 2 aromatic rings. The SMILES string of the molecule is O=C(Nc1cccc(I)c1)NC1CCC(OCc2c(F)cccc2F)CC1. The summed E-state index contributed by atoms with van der Waals surface area (Å²) >= 11 is 2.19. The number of hydrogen-bond acceptors (Lipinski definition) is 2. The summed E-state index contributed by atoms with van der Waals surface area (Å²) in [6.07, 6.45) is 2.96. The standard InChI is InChI=1S/C20H21F2IN2O2/c21-18-5-2-6-19(22)17(18)12-27-16-9-7-14(8-10-16)24-20(26)25-15-4-1-3-13(23)11-15/h1-6,11,14,16H,7-10,12H2,(H2,24,25,26). The quantitative estimate of drug-likeness (QED) is 0.570. The Morgan fingerprint density at radius 3 is 2.41 bits per heavy atom. The van der Waals surface area contributed by atoms with Crippen LogP contribution in [0.5, 0.6) is 0 Å². The Labute approximate surface area is 170 Å². The first-order valence-electron chi connectivity index (χ1n) is 8.89. The molecular formula is C20H21F2IN2O2. The highest BCUT2D eigenvalue weighted by atomic mass is 127. The second-order valence-electron chi connectivity index (χ2n) is 6.59. The van der Waals surface area contributed by atoms with Gasteiger partial charge >= 0.3 is 6.03 Å². The van der Waals surface area contributed by atoms with Crippen LogP contribution >= 0.6 is 22.6 Å². The lowest BCUT2D eigenvalue weighted by atomic mass is 9.93. The van der Waals surface area contributed by atoms with Gasteiger partial charge in [0, 0.05) is 20.9 Å². The molecule has 3 rings (SSSR count). The van der Waals surface area contributed by atoms with Gasteiger partial charge in [-0.3, -0.25) is 0 Å². The van der Waals surface area contributed by atoms with Gasteiger partial charge in [0.2, 0.25) is 0 Å². The summed E-state index contributed by atoms with van der Waals surface area (Å²) in [4.78, 5) is 12.1. The summed E-state index contributed by atoms with van der Waals surface area (Å²) in [7, 11) is 0. The number of benzene rings is 2. The molecule has 7 heteroatoms. The Bertz CT molecular complexity index is 775. The number of amides is 2. The fourth-order valence-corrected chi connectivity index (χ4v) is 3.71. The summed E-state index contributed by atoms with van der Waals surface area (Å²) < 4.78 is 34.0. The fraction of sp³-hybridized carbons (Fsp3) is 0.350. The third-order valence-corrected chi connectivity index (χ3v) is 5.29. The van der Waals surface area contributed by atoms with Gasteiger partial charge in [0.25, 0.3) is 0 Å². The molecule has 0 spiro atoms. The minimum atomic E-state index is -0.586. The van der Waals surface area contributed by atoms with E-state index in [0.29, 0.717) is 0 Å². The maximum atomic E-state index is 13.6. The largest absolute Gasteiger partial charge is 0.373 e. The fourth-order valence-electron chi connectivity index (χ4n) is 3.16. The van der Waals surface area contributed by atoms with Crippen molar-refractivity contribution in [1.82, 2.24) is 5.32 Å². The van der Waals surface area contributed by atoms with Crippen molar-refractivity contribution in [3.05, 3.63) is 63.2 Å². The van der Waals surface area contributed by atoms with Gasteiger partial charge in [0.05, 0.1) is 12.7 Å². The lowest BCUT2D eigenvalue weighted by molar-refractivity contribution is 0.00964. The van der Waals surface area contributed by atoms with E-state index in [9.17, 15) is 13.6 Å². The molecule has 27 heavy (non-hydrogen) atoms. The summed E-state index contributed by atoms with van der Waals surface area (Å²) in [5.41, 5.74) is 0.720. The van der Waals surface area contributed by atoms with Gasteiger partial charge in [0.1, 0.15) is 11.6 Å². The third kappa shape index (κ3) is 5.87. The van der Waals surface area contributed by atoms with Crippen LogP contribution in [-0.2, 0) is 11.3 Å². The van der Waals surface area contributed by atoms with Crippen molar-refractivity contribution in [1.29, 1.82) is 0 Å². The highest BCUT2D eigenvalue weighted by Gasteiger charge is 2.23. The molecule has 0 aliphatic heterocycles. The topological polar surface area (TPSA) is 50.4 Å². The maximum Gasteiger partial charge on any atom is 0.319 e. The summed E-state index contributed by atoms with van der Waals surface area (Å²) in [5.74, 6) is -1.17. The molecule has 0 saturated heterocycles. The van der Waals surface area contributed by atoms with Crippen LogP contribution in [0.3, 0.4) is 0 Å². The maximum absolute atomic E-state index is 13.6. The van der Waals surface area contributed by atoms with E-state index in [1.165, 1.54) is 18.2 Å². The van der Waals surface area contributed by atoms with Crippen molar-refractivity contribution >= 4 is 34.3 Å². The number of rotatable bonds is 5. The van der Waals surface area contributed by atoms with E-state index in [1.54, 1.807) is 0 Å². The number of hydrogen-bond donors (Lipinski definition) is 2. The number of carbonyl (C=O) groups excluding carboxylic acids is 1. The number of ether oxygens (including phenoxy) is 1. The summed E-state index contributed by atoms with van der Waals surface area (Å²) in [5, 5.41) is 5.80. The first-order chi connectivity index (χ1) is 13.0. The van der Waals surface area contributed by atoms with Crippen molar-refractivity contribution < 1.29 is 18.3 Å². The monoisotopic (exact) mass is 486 g/mol. The average Bonchev–Trinajstić information content (AvgIpc) is 2.62. The van der Waals surface area contributed by atoms with Crippen molar-refractivity contribution in [3.8, 4) is 0 Å². The molecule has 144 valence electrons. The van der Waals surface area contributed by atoms with E-state index < -0.39 is 11.6 Å². The molecule has 0 bridgehead atoms. The molecule has 2 N–H and O–H groups in total. The molecule has 0 atom stereocenters. The highest BCUT2D eigenvalue weighted by molar-refractivity contribution is 14.1. The van der Waals surface area contributed by atoms with Gasteiger partial charge in [-0.1, -0.05) is 12.1 Å². The smallest absolute Gasteiger partial charge is 0.319 e. The van der Waals surface area contributed by atoms with Crippen LogP contribution in [0.2, 0.25) is 0 Å². The molecule has 0 unspecified atom stereocenters. The van der Waals surface area contributed by atoms with E-state index in [-0.39, 0.29) is 30.3 Å². The minimum Gasteiger partial charge on any atom is -0.373 e. The van der Waals surface area contributed by atoms with Crippen molar-refractivity contribution in [3.63, 3.8) is 0 Å². The Kier molecular flexibility index (Phi) is 7.01. The zero-order valence-electron chi connectivity index (χ0n) is 14.7. The summed E-state index contributed by atoms with van der Waals surface area (Å²) in [6.45, 7) is -0.0750.